The van der Waals surface area contributed by atoms with Crippen LogP contribution in [0.5, 0.6) is 0 Å². The van der Waals surface area contributed by atoms with Crippen LogP contribution in [0.25, 0.3) is 89.5 Å². The van der Waals surface area contributed by atoms with Gasteiger partial charge in [0.2, 0.25) is 0 Å². The van der Waals surface area contributed by atoms with Crippen LogP contribution in [0.15, 0.2) is 174 Å². The molecule has 2 heterocycles. The van der Waals surface area contributed by atoms with Crippen molar-refractivity contribution < 1.29 is 4.42 Å². The predicted octanol–water partition coefficient (Wildman–Crippen LogP) is 13.1. The summed E-state index contributed by atoms with van der Waals surface area (Å²) in [5, 5.41) is 2.16. The van der Waals surface area contributed by atoms with Crippen LogP contribution in [0.3, 0.4) is 0 Å². The lowest BCUT2D eigenvalue weighted by Crippen LogP contribution is -2.10. The number of hydrogen-bond donors (Lipinski definition) is 0. The summed E-state index contributed by atoms with van der Waals surface area (Å²) in [6.07, 6.45) is 0. The molecule has 4 heteroatoms. The second kappa shape index (κ2) is 13.2. The van der Waals surface area contributed by atoms with Crippen molar-refractivity contribution in [3.63, 3.8) is 0 Å². The maximum atomic E-state index is 6.52. The van der Waals surface area contributed by atoms with Crippen molar-refractivity contribution in [2.75, 3.05) is 0 Å². The first-order chi connectivity index (χ1) is 25.9. The summed E-state index contributed by atoms with van der Waals surface area (Å²) < 4.78 is 6.52. The summed E-state index contributed by atoms with van der Waals surface area (Å²) >= 11 is 0. The first-order valence-electron chi connectivity index (χ1n) is 18.0. The van der Waals surface area contributed by atoms with Gasteiger partial charge in [0.05, 0.1) is 0 Å². The molecule has 2 aromatic heterocycles. The van der Waals surface area contributed by atoms with Gasteiger partial charge < -0.3 is 4.42 Å². The van der Waals surface area contributed by atoms with E-state index in [9.17, 15) is 0 Å². The van der Waals surface area contributed by atoms with E-state index in [-0.39, 0.29) is 5.41 Å². The summed E-state index contributed by atoms with van der Waals surface area (Å²) in [5.74, 6) is 1.81. The van der Waals surface area contributed by atoms with Crippen LogP contribution in [-0.2, 0) is 5.41 Å². The monoisotopic (exact) mass is 683 g/mol. The molecule has 7 aromatic carbocycles. The zero-order valence-corrected chi connectivity index (χ0v) is 29.9. The van der Waals surface area contributed by atoms with E-state index in [1.165, 1.54) is 22.3 Å². The molecule has 0 radical (unpaired) electrons. The van der Waals surface area contributed by atoms with E-state index in [2.05, 4.69) is 172 Å². The van der Waals surface area contributed by atoms with E-state index in [1.807, 2.05) is 18.2 Å². The van der Waals surface area contributed by atoms with Gasteiger partial charge in [0, 0.05) is 27.5 Å². The van der Waals surface area contributed by atoms with E-state index in [4.69, 9.17) is 19.4 Å². The number of aromatic nitrogens is 3. The Balaban J connectivity index is 1.14. The minimum absolute atomic E-state index is 0.0925. The number of rotatable bonds is 6. The molecular formula is C49H37N3O. The van der Waals surface area contributed by atoms with Crippen molar-refractivity contribution in [3.8, 4) is 67.5 Å². The van der Waals surface area contributed by atoms with Crippen LogP contribution < -0.4 is 0 Å². The van der Waals surface area contributed by atoms with E-state index < -0.39 is 0 Å². The molecule has 4 nitrogen and oxygen atoms in total. The van der Waals surface area contributed by atoms with Crippen molar-refractivity contribution >= 4 is 21.9 Å². The second-order valence-electron chi connectivity index (χ2n) is 14.5. The summed E-state index contributed by atoms with van der Waals surface area (Å²) in [6, 6.07) is 59.1. The topological polar surface area (TPSA) is 51.8 Å². The summed E-state index contributed by atoms with van der Waals surface area (Å²) in [6.45, 7) is 6.72. The van der Waals surface area contributed by atoms with Crippen LogP contribution in [-0.4, -0.2) is 15.0 Å². The highest BCUT2D eigenvalue weighted by molar-refractivity contribution is 6.13. The zero-order valence-electron chi connectivity index (χ0n) is 29.9. The van der Waals surface area contributed by atoms with Crippen LogP contribution in [0, 0.1) is 0 Å². The summed E-state index contributed by atoms with van der Waals surface area (Å²) in [7, 11) is 0. The molecule has 0 N–H and O–H groups in total. The standard InChI is InChI=1S/C49H37N3O/c1-49(2,3)40-28-25-36(26-29-40)41-15-10-16-43-45(41)42-30-27-39(31-44(42)53-43)48-51-46(37-21-17-34(18-22-37)32-11-6-4-7-12-32)50-47(52-48)38-23-19-35(20-24-38)33-13-8-5-9-14-33/h4-31H,1-3H3. The number of benzene rings is 7. The Morgan fingerprint density at radius 3 is 1.36 bits per heavy atom. The van der Waals surface area contributed by atoms with Crippen molar-refractivity contribution in [1.29, 1.82) is 0 Å². The maximum absolute atomic E-state index is 6.52. The molecule has 0 spiro atoms. The fourth-order valence-electron chi connectivity index (χ4n) is 7.00. The average Bonchev–Trinajstić information content (AvgIpc) is 3.59. The smallest absolute Gasteiger partial charge is 0.164 e. The van der Waals surface area contributed by atoms with Gasteiger partial charge in [-0.3, -0.25) is 0 Å². The third-order valence-electron chi connectivity index (χ3n) is 9.95. The Labute approximate surface area is 309 Å². The van der Waals surface area contributed by atoms with Gasteiger partial charge >= 0.3 is 0 Å². The minimum atomic E-state index is 0.0925. The number of nitrogens with zero attached hydrogens (tertiary/aromatic N) is 3. The maximum Gasteiger partial charge on any atom is 0.164 e. The highest BCUT2D eigenvalue weighted by Crippen LogP contribution is 2.39. The molecule has 0 amide bonds. The number of fused-ring (bicyclic) bond motifs is 3. The molecule has 0 atom stereocenters. The normalized spacial score (nSPS) is 11.7. The Morgan fingerprint density at radius 2 is 0.830 bits per heavy atom. The third kappa shape index (κ3) is 6.30. The van der Waals surface area contributed by atoms with Crippen molar-refractivity contribution in [2.24, 2.45) is 0 Å². The quantitative estimate of drug-likeness (QED) is 0.175. The third-order valence-corrected chi connectivity index (χ3v) is 9.95. The highest BCUT2D eigenvalue weighted by atomic mass is 16.3. The van der Waals surface area contributed by atoms with E-state index in [0.29, 0.717) is 17.5 Å². The second-order valence-corrected chi connectivity index (χ2v) is 14.5. The highest BCUT2D eigenvalue weighted by Gasteiger charge is 2.18. The lowest BCUT2D eigenvalue weighted by atomic mass is 9.86. The minimum Gasteiger partial charge on any atom is -0.456 e. The molecule has 9 rings (SSSR count). The van der Waals surface area contributed by atoms with Gasteiger partial charge in [-0.05, 0) is 62.6 Å². The Kier molecular flexibility index (Phi) is 8.01. The molecule has 254 valence electrons. The fraction of sp³-hybridized carbons (Fsp3) is 0.0816. The molecule has 0 fully saturated rings. The van der Waals surface area contributed by atoms with Crippen LogP contribution >= 0.6 is 0 Å². The molecular weight excluding hydrogens is 647 g/mol. The average molecular weight is 684 g/mol. The number of furan rings is 1. The van der Waals surface area contributed by atoms with Crippen molar-refractivity contribution in [2.45, 2.75) is 26.2 Å². The lowest BCUT2D eigenvalue weighted by Gasteiger charge is -2.19. The van der Waals surface area contributed by atoms with Crippen LogP contribution in [0.4, 0.5) is 0 Å². The van der Waals surface area contributed by atoms with Gasteiger partial charge in [-0.1, -0.05) is 172 Å². The van der Waals surface area contributed by atoms with Gasteiger partial charge in [-0.2, -0.15) is 0 Å². The molecule has 0 bridgehead atoms. The van der Waals surface area contributed by atoms with Gasteiger partial charge in [0.1, 0.15) is 11.2 Å². The van der Waals surface area contributed by atoms with Crippen molar-refractivity contribution in [3.05, 3.63) is 175 Å². The summed E-state index contributed by atoms with van der Waals surface area (Å²) in [4.78, 5) is 15.1. The first kappa shape index (κ1) is 32.3. The van der Waals surface area contributed by atoms with Gasteiger partial charge in [0.15, 0.2) is 17.5 Å². The van der Waals surface area contributed by atoms with Gasteiger partial charge in [0.25, 0.3) is 0 Å². The van der Waals surface area contributed by atoms with E-state index >= 15 is 0 Å². The Bertz CT molecular complexity index is 2610. The van der Waals surface area contributed by atoms with Crippen LogP contribution in [0.2, 0.25) is 0 Å². The lowest BCUT2D eigenvalue weighted by molar-refractivity contribution is 0.590. The summed E-state index contributed by atoms with van der Waals surface area (Å²) in [5.41, 5.74) is 12.7. The molecule has 0 saturated heterocycles. The van der Waals surface area contributed by atoms with Gasteiger partial charge in [-0.15, -0.1) is 0 Å². The molecule has 0 aliphatic carbocycles. The molecule has 53 heavy (non-hydrogen) atoms. The fourth-order valence-corrected chi connectivity index (χ4v) is 7.00. The number of hydrogen-bond acceptors (Lipinski definition) is 4. The molecule has 0 aliphatic rings. The van der Waals surface area contributed by atoms with E-state index in [0.717, 1.165) is 55.3 Å². The van der Waals surface area contributed by atoms with Gasteiger partial charge in [-0.25, -0.2) is 15.0 Å². The molecule has 0 unspecified atom stereocenters. The Morgan fingerprint density at radius 1 is 0.377 bits per heavy atom. The zero-order chi connectivity index (χ0) is 35.9. The SMILES string of the molecule is CC(C)(C)c1ccc(-c2cccc3oc4cc(-c5nc(-c6ccc(-c7ccccc7)cc6)nc(-c6ccc(-c7ccccc7)cc6)n5)ccc4c23)cc1. The van der Waals surface area contributed by atoms with E-state index in [1.54, 1.807) is 0 Å². The molecule has 0 saturated carbocycles. The molecule has 9 aromatic rings. The van der Waals surface area contributed by atoms with Crippen LogP contribution in [0.1, 0.15) is 26.3 Å². The largest absolute Gasteiger partial charge is 0.456 e. The predicted molar refractivity (Wildman–Crippen MR) is 218 cm³/mol. The Hall–Kier alpha value is -6.65. The van der Waals surface area contributed by atoms with Crippen molar-refractivity contribution in [1.82, 2.24) is 15.0 Å². The first-order valence-corrected chi connectivity index (χ1v) is 18.0. The molecule has 0 aliphatic heterocycles.